The van der Waals surface area contributed by atoms with Gasteiger partial charge in [0.15, 0.2) is 0 Å². The number of anilines is 1. The number of thioether (sulfide) groups is 1. The third-order valence-corrected chi connectivity index (χ3v) is 4.99. The van der Waals surface area contributed by atoms with Crippen LogP contribution in [0.4, 0.5) is 11.4 Å². The Hall–Kier alpha value is -1.32. The van der Waals surface area contributed by atoms with Crippen LogP contribution in [0.2, 0.25) is 0 Å². The molecule has 0 aliphatic carbocycles. The molecule has 1 aromatic rings. The van der Waals surface area contributed by atoms with Crippen LogP contribution in [0.25, 0.3) is 0 Å². The van der Waals surface area contributed by atoms with Crippen molar-refractivity contribution >= 4 is 33.2 Å². The normalized spacial score (nSPS) is 12.9. The van der Waals surface area contributed by atoms with Crippen LogP contribution in [0.1, 0.15) is 6.92 Å². The zero-order valence-corrected chi connectivity index (χ0v) is 13.0. The molecular formula is C11H17N3O4S2. The summed E-state index contributed by atoms with van der Waals surface area (Å²) in [4.78, 5) is 10.1. The third-order valence-electron chi connectivity index (χ3n) is 2.51. The van der Waals surface area contributed by atoms with E-state index in [2.05, 4.69) is 10.0 Å². The zero-order valence-electron chi connectivity index (χ0n) is 11.4. The summed E-state index contributed by atoms with van der Waals surface area (Å²) in [5.41, 5.74) is 0.0357. The lowest BCUT2D eigenvalue weighted by atomic mass is 10.3. The number of non-ortho nitro benzene ring substituents is 1. The van der Waals surface area contributed by atoms with Crippen molar-refractivity contribution in [3.8, 4) is 0 Å². The number of benzene rings is 1. The number of nitrogens with one attached hydrogen (secondary N) is 2. The molecular weight excluding hydrogens is 302 g/mol. The van der Waals surface area contributed by atoms with Crippen molar-refractivity contribution in [1.29, 1.82) is 0 Å². The largest absolute Gasteiger partial charge is 0.387 e. The topological polar surface area (TPSA) is 101 Å². The number of rotatable bonds is 7. The Morgan fingerprint density at radius 2 is 2.10 bits per heavy atom. The van der Waals surface area contributed by atoms with Crippen molar-refractivity contribution in [3.63, 3.8) is 0 Å². The summed E-state index contributed by atoms with van der Waals surface area (Å²) in [6, 6.07) is 3.38. The average Bonchev–Trinajstić information content (AvgIpc) is 2.37. The summed E-state index contributed by atoms with van der Waals surface area (Å²) in [5, 5.41) is 13.4. The number of nitrogens with zero attached hydrogens (tertiary/aromatic N) is 1. The maximum absolute atomic E-state index is 12.2. The second kappa shape index (κ2) is 6.91. The predicted molar refractivity (Wildman–Crippen MR) is 80.8 cm³/mol. The lowest BCUT2D eigenvalue weighted by molar-refractivity contribution is -0.384. The molecule has 0 saturated heterocycles. The minimum absolute atomic E-state index is 0.00134. The van der Waals surface area contributed by atoms with Crippen molar-refractivity contribution < 1.29 is 13.3 Å². The van der Waals surface area contributed by atoms with Crippen LogP contribution in [0, 0.1) is 10.1 Å². The SMILES string of the molecule is CNc1cc([N+](=O)[O-])ccc1S(=O)(=O)NC(C)CSC. The molecule has 0 saturated carbocycles. The molecule has 7 nitrogen and oxygen atoms in total. The van der Waals surface area contributed by atoms with E-state index in [9.17, 15) is 18.5 Å². The molecule has 0 fully saturated rings. The molecule has 1 atom stereocenters. The van der Waals surface area contributed by atoms with Crippen LogP contribution in [0.15, 0.2) is 23.1 Å². The predicted octanol–water partition coefficient (Wildman–Crippen LogP) is 1.67. The molecule has 0 bridgehead atoms. The second-order valence-electron chi connectivity index (χ2n) is 4.17. The maximum atomic E-state index is 12.2. The molecule has 0 heterocycles. The molecule has 1 aromatic carbocycles. The van der Waals surface area contributed by atoms with Crippen molar-refractivity contribution in [2.24, 2.45) is 0 Å². The standard InChI is InChI=1S/C11H17N3O4S2/c1-8(7-19-3)13-20(17,18)11-5-4-9(14(15)16)6-10(11)12-2/h4-6,8,12-13H,7H2,1-3H3. The highest BCUT2D eigenvalue weighted by Gasteiger charge is 2.22. The van der Waals surface area contributed by atoms with E-state index >= 15 is 0 Å². The van der Waals surface area contributed by atoms with E-state index in [-0.39, 0.29) is 22.3 Å². The van der Waals surface area contributed by atoms with Crippen molar-refractivity contribution in [3.05, 3.63) is 28.3 Å². The Kier molecular flexibility index (Phi) is 5.78. The molecule has 0 aromatic heterocycles. The number of nitro benzene ring substituents is 1. The highest BCUT2D eigenvalue weighted by molar-refractivity contribution is 7.98. The van der Waals surface area contributed by atoms with Crippen LogP contribution in [-0.4, -0.2) is 38.4 Å². The van der Waals surface area contributed by atoms with E-state index in [1.54, 1.807) is 6.92 Å². The van der Waals surface area contributed by atoms with Gasteiger partial charge < -0.3 is 5.32 Å². The van der Waals surface area contributed by atoms with Gasteiger partial charge in [0.1, 0.15) is 4.90 Å². The van der Waals surface area contributed by atoms with Crippen molar-refractivity contribution in [2.75, 3.05) is 24.4 Å². The van der Waals surface area contributed by atoms with Gasteiger partial charge in [-0.25, -0.2) is 13.1 Å². The molecule has 1 unspecified atom stereocenters. The van der Waals surface area contributed by atoms with Gasteiger partial charge >= 0.3 is 0 Å². The number of hydrogen-bond acceptors (Lipinski definition) is 6. The van der Waals surface area contributed by atoms with Crippen LogP contribution >= 0.6 is 11.8 Å². The van der Waals surface area contributed by atoms with Crippen LogP contribution in [0.3, 0.4) is 0 Å². The first-order valence-corrected chi connectivity index (χ1v) is 8.67. The van der Waals surface area contributed by atoms with E-state index in [0.29, 0.717) is 5.75 Å². The molecule has 0 aliphatic heterocycles. The minimum atomic E-state index is -3.72. The molecule has 0 amide bonds. The Morgan fingerprint density at radius 1 is 1.45 bits per heavy atom. The Labute approximate surface area is 122 Å². The highest BCUT2D eigenvalue weighted by Crippen LogP contribution is 2.26. The fourth-order valence-electron chi connectivity index (χ4n) is 1.67. The minimum Gasteiger partial charge on any atom is -0.387 e. The molecule has 1 rings (SSSR count). The van der Waals surface area contributed by atoms with E-state index in [1.807, 2.05) is 6.26 Å². The third kappa shape index (κ3) is 4.09. The Morgan fingerprint density at radius 3 is 2.60 bits per heavy atom. The molecule has 0 radical (unpaired) electrons. The molecule has 9 heteroatoms. The molecule has 112 valence electrons. The summed E-state index contributed by atoms with van der Waals surface area (Å²) < 4.78 is 27.0. The van der Waals surface area contributed by atoms with Crippen molar-refractivity contribution in [1.82, 2.24) is 4.72 Å². The number of sulfonamides is 1. The van der Waals surface area contributed by atoms with Gasteiger partial charge in [-0.1, -0.05) is 0 Å². The van der Waals surface area contributed by atoms with Gasteiger partial charge in [-0.05, 0) is 19.2 Å². The van der Waals surface area contributed by atoms with Crippen molar-refractivity contribution in [2.45, 2.75) is 17.9 Å². The quantitative estimate of drug-likeness (QED) is 0.585. The molecule has 0 spiro atoms. The smallest absolute Gasteiger partial charge is 0.271 e. The van der Waals surface area contributed by atoms with E-state index in [0.717, 1.165) is 0 Å². The van der Waals surface area contributed by atoms with Gasteiger partial charge in [-0.2, -0.15) is 11.8 Å². The highest BCUT2D eigenvalue weighted by atomic mass is 32.2. The van der Waals surface area contributed by atoms with Gasteiger partial charge in [0.2, 0.25) is 10.0 Å². The summed E-state index contributed by atoms with van der Waals surface area (Å²) >= 11 is 1.53. The summed E-state index contributed by atoms with van der Waals surface area (Å²) in [7, 11) is -2.20. The van der Waals surface area contributed by atoms with Crippen LogP contribution < -0.4 is 10.0 Å². The Balaban J connectivity index is 3.15. The number of hydrogen-bond donors (Lipinski definition) is 2. The summed E-state index contributed by atoms with van der Waals surface area (Å²) in [6.07, 6.45) is 1.88. The molecule has 0 aliphatic rings. The van der Waals surface area contributed by atoms with Gasteiger partial charge in [-0.3, -0.25) is 10.1 Å². The van der Waals surface area contributed by atoms with E-state index in [1.165, 1.54) is 37.0 Å². The first-order chi connectivity index (χ1) is 9.31. The summed E-state index contributed by atoms with van der Waals surface area (Å²) in [5.74, 6) is 0.640. The fraction of sp³-hybridized carbons (Fsp3) is 0.455. The maximum Gasteiger partial charge on any atom is 0.271 e. The van der Waals surface area contributed by atoms with Crippen LogP contribution in [-0.2, 0) is 10.0 Å². The first-order valence-electron chi connectivity index (χ1n) is 5.79. The van der Waals surface area contributed by atoms with Gasteiger partial charge in [0.05, 0.1) is 10.6 Å². The monoisotopic (exact) mass is 319 g/mol. The van der Waals surface area contributed by atoms with Crippen LogP contribution in [0.5, 0.6) is 0 Å². The lowest BCUT2D eigenvalue weighted by Gasteiger charge is -2.15. The van der Waals surface area contributed by atoms with Gasteiger partial charge in [0.25, 0.3) is 5.69 Å². The van der Waals surface area contributed by atoms with E-state index < -0.39 is 14.9 Å². The molecule has 2 N–H and O–H groups in total. The average molecular weight is 319 g/mol. The first kappa shape index (κ1) is 16.7. The summed E-state index contributed by atoms with van der Waals surface area (Å²) in [6.45, 7) is 1.76. The number of nitro groups is 1. The molecule has 20 heavy (non-hydrogen) atoms. The fourth-order valence-corrected chi connectivity index (χ4v) is 3.80. The second-order valence-corrected chi connectivity index (χ2v) is 6.76. The van der Waals surface area contributed by atoms with Gasteiger partial charge in [-0.15, -0.1) is 0 Å². The lowest BCUT2D eigenvalue weighted by Crippen LogP contribution is -2.34. The Bertz CT molecular complexity index is 589. The zero-order chi connectivity index (χ0) is 15.3. The van der Waals surface area contributed by atoms with Gasteiger partial charge in [0, 0.05) is 31.0 Å². The van der Waals surface area contributed by atoms with E-state index in [4.69, 9.17) is 0 Å².